The summed E-state index contributed by atoms with van der Waals surface area (Å²) >= 11 is 0. The fourth-order valence-corrected chi connectivity index (χ4v) is 4.84. The van der Waals surface area contributed by atoms with Crippen LogP contribution < -0.4 is 5.32 Å². The highest BCUT2D eigenvalue weighted by Gasteiger charge is 2.29. The zero-order chi connectivity index (χ0) is 22.8. The van der Waals surface area contributed by atoms with Crippen LogP contribution in [0.3, 0.4) is 0 Å². The van der Waals surface area contributed by atoms with Gasteiger partial charge in [-0.2, -0.15) is 0 Å². The monoisotopic (exact) mass is 442 g/mol. The van der Waals surface area contributed by atoms with Gasteiger partial charge in [-0.1, -0.05) is 18.6 Å². The summed E-state index contributed by atoms with van der Waals surface area (Å²) in [6, 6.07) is 17.7. The molecule has 2 aromatic heterocycles. The average molecular weight is 443 g/mol. The minimum Gasteiger partial charge on any atom is -0.358 e. The maximum Gasteiger partial charge on any atom is 0.255 e. The highest BCUT2D eigenvalue weighted by molar-refractivity contribution is 6.05. The number of aryl methyl sites for hydroxylation is 1. The molecular formula is C27H27FN4O. The Morgan fingerprint density at radius 2 is 1.91 bits per heavy atom. The summed E-state index contributed by atoms with van der Waals surface area (Å²) in [4.78, 5) is 23.4. The van der Waals surface area contributed by atoms with Gasteiger partial charge in [0.1, 0.15) is 5.82 Å². The van der Waals surface area contributed by atoms with Gasteiger partial charge in [0.25, 0.3) is 5.91 Å². The average Bonchev–Trinajstić information content (AvgIpc) is 3.16. The molecule has 4 aromatic rings. The minimum absolute atomic E-state index is 0.0365. The van der Waals surface area contributed by atoms with E-state index in [9.17, 15) is 9.18 Å². The summed E-state index contributed by atoms with van der Waals surface area (Å²) in [5, 5.41) is 3.98. The van der Waals surface area contributed by atoms with Crippen LogP contribution in [0.15, 0.2) is 66.9 Å². The summed E-state index contributed by atoms with van der Waals surface area (Å²) in [6.45, 7) is 4.16. The van der Waals surface area contributed by atoms with Crippen LogP contribution in [0.25, 0.3) is 10.9 Å². The third-order valence-electron chi connectivity index (χ3n) is 6.38. The van der Waals surface area contributed by atoms with E-state index >= 15 is 0 Å². The number of nitrogens with one attached hydrogen (secondary N) is 2. The molecule has 0 aliphatic carbocycles. The van der Waals surface area contributed by atoms with Gasteiger partial charge in [-0.25, -0.2) is 4.39 Å². The van der Waals surface area contributed by atoms with Crippen LogP contribution in [0.1, 0.15) is 52.6 Å². The van der Waals surface area contributed by atoms with Gasteiger partial charge >= 0.3 is 0 Å². The van der Waals surface area contributed by atoms with E-state index in [1.54, 1.807) is 6.07 Å². The number of hydrogen-bond acceptors (Lipinski definition) is 3. The molecule has 168 valence electrons. The third kappa shape index (κ3) is 4.39. The molecule has 1 amide bonds. The van der Waals surface area contributed by atoms with E-state index in [-0.39, 0.29) is 11.9 Å². The number of halogens is 1. The lowest BCUT2D eigenvalue weighted by Gasteiger charge is -2.34. The molecule has 2 N–H and O–H groups in total. The van der Waals surface area contributed by atoms with Crippen molar-refractivity contribution >= 4 is 22.5 Å². The van der Waals surface area contributed by atoms with Crippen LogP contribution in [-0.4, -0.2) is 33.9 Å². The highest BCUT2D eigenvalue weighted by atomic mass is 19.1. The largest absolute Gasteiger partial charge is 0.358 e. The smallest absolute Gasteiger partial charge is 0.255 e. The fraction of sp³-hybridized carbons (Fsp3) is 0.259. The normalized spacial score (nSPS) is 15.5. The van der Waals surface area contributed by atoms with E-state index < -0.39 is 5.82 Å². The molecule has 2 aromatic carbocycles. The van der Waals surface area contributed by atoms with E-state index in [0.717, 1.165) is 35.4 Å². The Bertz CT molecular complexity index is 1280. The minimum atomic E-state index is -0.429. The van der Waals surface area contributed by atoms with Gasteiger partial charge in [0, 0.05) is 39.6 Å². The number of benzene rings is 2. The number of piperidine rings is 1. The number of nitrogens with zero attached hydrogens (tertiary/aromatic N) is 2. The van der Waals surface area contributed by atoms with Crippen LogP contribution in [0, 0.1) is 12.7 Å². The first-order valence-electron chi connectivity index (χ1n) is 11.4. The number of amides is 1. The maximum atomic E-state index is 13.6. The first-order valence-corrected chi connectivity index (χ1v) is 11.4. The number of likely N-dealkylation sites (tertiary alicyclic amines) is 1. The SMILES string of the molecule is Cc1[nH]c2ccc(NC(=O)c3cccc(F)c3)cc2c1[C@H](c1ccccn1)N1CCCCC1. The van der Waals surface area contributed by atoms with Gasteiger partial charge in [-0.05, 0) is 81.4 Å². The molecular weight excluding hydrogens is 415 g/mol. The van der Waals surface area contributed by atoms with Crippen molar-refractivity contribution in [3.8, 4) is 0 Å². The Morgan fingerprint density at radius 3 is 2.67 bits per heavy atom. The molecule has 0 unspecified atom stereocenters. The summed E-state index contributed by atoms with van der Waals surface area (Å²) < 4.78 is 13.6. The van der Waals surface area contributed by atoms with Crippen LogP contribution >= 0.6 is 0 Å². The molecule has 1 aliphatic heterocycles. The van der Waals surface area contributed by atoms with Gasteiger partial charge in [-0.3, -0.25) is 14.7 Å². The van der Waals surface area contributed by atoms with E-state index in [1.165, 1.54) is 43.0 Å². The molecule has 5 nitrogen and oxygen atoms in total. The van der Waals surface area contributed by atoms with Crippen LogP contribution in [0.4, 0.5) is 10.1 Å². The van der Waals surface area contributed by atoms with E-state index in [1.807, 2.05) is 36.5 Å². The summed E-state index contributed by atoms with van der Waals surface area (Å²) in [5.74, 6) is -0.763. The van der Waals surface area contributed by atoms with Crippen molar-refractivity contribution in [2.45, 2.75) is 32.2 Å². The van der Waals surface area contributed by atoms with Gasteiger partial charge in [-0.15, -0.1) is 0 Å². The van der Waals surface area contributed by atoms with Gasteiger partial charge in [0.15, 0.2) is 0 Å². The summed E-state index contributed by atoms with van der Waals surface area (Å²) in [7, 11) is 0. The lowest BCUT2D eigenvalue weighted by molar-refractivity contribution is 0.102. The number of anilines is 1. The molecule has 0 saturated carbocycles. The number of fused-ring (bicyclic) bond motifs is 1. The Hall–Kier alpha value is -3.51. The molecule has 0 radical (unpaired) electrons. The van der Waals surface area contributed by atoms with Crippen LogP contribution in [0.5, 0.6) is 0 Å². The van der Waals surface area contributed by atoms with Crippen molar-refractivity contribution in [2.75, 3.05) is 18.4 Å². The summed E-state index contributed by atoms with van der Waals surface area (Å²) in [6.07, 6.45) is 5.47. The Kier molecular flexibility index (Phi) is 5.92. The number of hydrogen-bond donors (Lipinski definition) is 2. The first-order chi connectivity index (χ1) is 16.1. The fourth-order valence-electron chi connectivity index (χ4n) is 4.84. The lowest BCUT2D eigenvalue weighted by atomic mass is 9.95. The molecule has 1 fully saturated rings. The van der Waals surface area contributed by atoms with Crippen molar-refractivity contribution in [3.05, 3.63) is 95.2 Å². The van der Waals surface area contributed by atoms with Gasteiger partial charge in [0.2, 0.25) is 0 Å². The van der Waals surface area contributed by atoms with Gasteiger partial charge < -0.3 is 10.3 Å². The standard InChI is InChI=1S/C27H27FN4O/c1-18-25(26(24-10-3-4-13-29-24)32-14-5-2-6-15-32)22-17-21(11-12-23(22)30-18)31-27(33)19-8-7-9-20(28)16-19/h3-4,7-13,16-17,26,30H,2,5-6,14-15H2,1H3,(H,31,33)/t26-/m0/s1. The predicted molar refractivity (Wildman–Crippen MR) is 129 cm³/mol. The number of H-pyrrole nitrogens is 1. The lowest BCUT2D eigenvalue weighted by Crippen LogP contribution is -2.35. The molecule has 6 heteroatoms. The molecule has 1 saturated heterocycles. The Morgan fingerprint density at radius 1 is 1.06 bits per heavy atom. The number of aromatic amines is 1. The second-order valence-electron chi connectivity index (χ2n) is 8.64. The summed E-state index contributed by atoms with van der Waals surface area (Å²) in [5.41, 5.74) is 5.30. The van der Waals surface area contributed by atoms with E-state index in [0.29, 0.717) is 11.3 Å². The van der Waals surface area contributed by atoms with Crippen molar-refractivity contribution < 1.29 is 9.18 Å². The van der Waals surface area contributed by atoms with Crippen molar-refractivity contribution in [2.24, 2.45) is 0 Å². The van der Waals surface area contributed by atoms with E-state index in [4.69, 9.17) is 4.98 Å². The van der Waals surface area contributed by atoms with Crippen molar-refractivity contribution in [3.63, 3.8) is 0 Å². The number of rotatable bonds is 5. The molecule has 1 aliphatic rings. The molecule has 33 heavy (non-hydrogen) atoms. The first kappa shape index (κ1) is 21.3. The number of carbonyl (C=O) groups excluding carboxylic acids is 1. The zero-order valence-corrected chi connectivity index (χ0v) is 18.6. The number of aromatic nitrogens is 2. The van der Waals surface area contributed by atoms with Crippen LogP contribution in [-0.2, 0) is 0 Å². The molecule has 0 spiro atoms. The topological polar surface area (TPSA) is 61.0 Å². The number of pyridine rings is 1. The zero-order valence-electron chi connectivity index (χ0n) is 18.6. The second kappa shape index (κ2) is 9.16. The molecule has 3 heterocycles. The second-order valence-corrected chi connectivity index (χ2v) is 8.64. The quantitative estimate of drug-likeness (QED) is 0.408. The molecule has 1 atom stereocenters. The Labute approximate surface area is 192 Å². The molecule has 5 rings (SSSR count). The molecule has 0 bridgehead atoms. The Balaban J connectivity index is 1.55. The highest BCUT2D eigenvalue weighted by Crippen LogP contribution is 2.37. The van der Waals surface area contributed by atoms with Crippen molar-refractivity contribution in [1.29, 1.82) is 0 Å². The predicted octanol–water partition coefficient (Wildman–Crippen LogP) is 5.84. The maximum absolute atomic E-state index is 13.6. The van der Waals surface area contributed by atoms with Crippen LogP contribution in [0.2, 0.25) is 0 Å². The van der Waals surface area contributed by atoms with Gasteiger partial charge in [0.05, 0.1) is 11.7 Å². The third-order valence-corrected chi connectivity index (χ3v) is 6.38. The van der Waals surface area contributed by atoms with E-state index in [2.05, 4.69) is 28.2 Å². The van der Waals surface area contributed by atoms with Crippen molar-refractivity contribution in [1.82, 2.24) is 14.9 Å². The number of carbonyl (C=O) groups is 1.